The van der Waals surface area contributed by atoms with Crippen LogP contribution < -0.4 is 5.32 Å². The van der Waals surface area contributed by atoms with Gasteiger partial charge in [0.05, 0.1) is 12.2 Å². The van der Waals surface area contributed by atoms with Crippen molar-refractivity contribution in [3.05, 3.63) is 35.4 Å². The van der Waals surface area contributed by atoms with Crippen molar-refractivity contribution in [3.8, 4) is 0 Å². The average molecular weight is 337 g/mol. The number of hydrogen-bond acceptors (Lipinski definition) is 6. The zero-order chi connectivity index (χ0) is 16.3. The van der Waals surface area contributed by atoms with E-state index in [1.165, 1.54) is 23.6 Å². The van der Waals surface area contributed by atoms with Crippen molar-refractivity contribution in [2.75, 3.05) is 18.8 Å². The predicted octanol–water partition coefficient (Wildman–Crippen LogP) is 1.92. The van der Waals surface area contributed by atoms with Gasteiger partial charge in [-0.05, 0) is 18.7 Å². The van der Waals surface area contributed by atoms with Gasteiger partial charge in [-0.3, -0.25) is 19.4 Å². The molecular formula is C14H15N3O3S2. The van der Waals surface area contributed by atoms with Crippen LogP contribution in [0.15, 0.2) is 40.4 Å². The summed E-state index contributed by atoms with van der Waals surface area (Å²) in [4.78, 5) is 41.2. The second-order valence-electron chi connectivity index (χ2n) is 4.57. The van der Waals surface area contributed by atoms with Gasteiger partial charge in [-0.1, -0.05) is 24.4 Å². The third-order valence-electron chi connectivity index (χ3n) is 2.99. The molecule has 0 aromatic rings. The van der Waals surface area contributed by atoms with Crippen LogP contribution >= 0.6 is 23.5 Å². The van der Waals surface area contributed by atoms with Gasteiger partial charge < -0.3 is 10.2 Å². The lowest BCUT2D eigenvalue weighted by Gasteiger charge is -2.15. The molecule has 2 rings (SSSR count). The molecule has 0 aliphatic carbocycles. The average Bonchev–Trinajstić information content (AvgIpc) is 3.00. The number of nitrogens with one attached hydrogen (secondary N) is 1. The van der Waals surface area contributed by atoms with Crippen LogP contribution in [0.25, 0.3) is 0 Å². The summed E-state index contributed by atoms with van der Waals surface area (Å²) < 4.78 is 0. The first kappa shape index (κ1) is 16.6. The maximum atomic E-state index is 12.1. The first-order valence-electron chi connectivity index (χ1n) is 6.44. The van der Waals surface area contributed by atoms with Crippen LogP contribution in [-0.4, -0.2) is 45.8 Å². The van der Waals surface area contributed by atoms with E-state index in [1.54, 1.807) is 6.08 Å². The molecule has 2 amide bonds. The molecule has 2 fully saturated rings. The van der Waals surface area contributed by atoms with Crippen molar-refractivity contribution >= 4 is 45.6 Å². The monoisotopic (exact) mass is 337 g/mol. The summed E-state index contributed by atoms with van der Waals surface area (Å²) in [6.45, 7) is 9.17. The number of aliphatic imine (C=N–C) groups is 1. The fourth-order valence-electron chi connectivity index (χ4n) is 1.76. The minimum Gasteiger partial charge on any atom is -0.301 e. The number of amides is 2. The number of carbonyl (C=O) groups excluding carboxylic acids is 3. The van der Waals surface area contributed by atoms with Crippen LogP contribution in [-0.2, 0) is 9.59 Å². The molecule has 0 bridgehead atoms. The summed E-state index contributed by atoms with van der Waals surface area (Å²) in [7, 11) is 0. The Hall–Kier alpha value is -1.80. The van der Waals surface area contributed by atoms with Crippen LogP contribution in [0.3, 0.4) is 0 Å². The molecule has 0 unspecified atom stereocenters. The number of hydrogen-bond donors (Lipinski definition) is 1. The lowest BCUT2D eigenvalue weighted by Crippen LogP contribution is -2.25. The molecule has 2 heterocycles. The molecule has 2 aliphatic rings. The fourth-order valence-corrected chi connectivity index (χ4v) is 3.66. The summed E-state index contributed by atoms with van der Waals surface area (Å²) >= 11 is 2.33. The van der Waals surface area contributed by atoms with Gasteiger partial charge in [0, 0.05) is 17.9 Å². The van der Waals surface area contributed by atoms with Gasteiger partial charge in [-0.25, -0.2) is 0 Å². The number of rotatable bonds is 5. The number of thioether (sulfide) groups is 2. The van der Waals surface area contributed by atoms with E-state index in [4.69, 9.17) is 0 Å². The Morgan fingerprint density at radius 1 is 1.50 bits per heavy atom. The standard InChI is InChI=1S/C14H15N3O3S2/c1-4-5-17-10(7-21-14(17)20)11-12(19)16-13(22-11)15-6-8(2)9(3)18/h4H,1-2,5-7H2,3H3,(H,15,16,19). The minimum absolute atomic E-state index is 0.0915. The molecule has 2 aliphatic heterocycles. The first-order valence-corrected chi connectivity index (χ1v) is 8.25. The molecule has 0 aromatic heterocycles. The number of carbonyl (C=O) groups is 3. The van der Waals surface area contributed by atoms with Crippen LogP contribution in [0.1, 0.15) is 6.92 Å². The molecule has 1 N–H and O–H groups in total. The largest absolute Gasteiger partial charge is 0.301 e. The molecular weight excluding hydrogens is 322 g/mol. The van der Waals surface area contributed by atoms with E-state index in [0.29, 0.717) is 33.6 Å². The van der Waals surface area contributed by atoms with Gasteiger partial charge in [0.25, 0.3) is 11.1 Å². The third-order valence-corrected chi connectivity index (χ3v) is 4.92. The van der Waals surface area contributed by atoms with Crippen molar-refractivity contribution in [1.82, 2.24) is 10.2 Å². The summed E-state index contributed by atoms with van der Waals surface area (Å²) in [5, 5.41) is 2.97. The van der Waals surface area contributed by atoms with Gasteiger partial charge in [0.15, 0.2) is 11.0 Å². The van der Waals surface area contributed by atoms with Crippen LogP contribution in [0.2, 0.25) is 0 Å². The normalized spacial score (nSPS) is 23.1. The lowest BCUT2D eigenvalue weighted by molar-refractivity contribution is -0.115. The molecule has 116 valence electrons. The topological polar surface area (TPSA) is 78.8 Å². The van der Waals surface area contributed by atoms with E-state index in [0.717, 1.165) is 11.8 Å². The molecule has 22 heavy (non-hydrogen) atoms. The lowest BCUT2D eigenvalue weighted by atomic mass is 10.2. The Morgan fingerprint density at radius 2 is 2.23 bits per heavy atom. The SMILES string of the molecule is C=CCN1C(=O)SCC1=C1SC(=NCC(=C)C(C)=O)NC1=O. The molecule has 0 aromatic carbocycles. The highest BCUT2D eigenvalue weighted by atomic mass is 32.2. The number of amidine groups is 1. The van der Waals surface area contributed by atoms with Crippen molar-refractivity contribution in [3.63, 3.8) is 0 Å². The van der Waals surface area contributed by atoms with Gasteiger partial charge in [-0.15, -0.1) is 6.58 Å². The Kier molecular flexibility index (Phi) is 5.25. The molecule has 0 atom stereocenters. The smallest absolute Gasteiger partial charge is 0.286 e. The quantitative estimate of drug-likeness (QED) is 0.612. The first-order chi connectivity index (χ1) is 10.4. The highest BCUT2D eigenvalue weighted by Crippen LogP contribution is 2.35. The highest BCUT2D eigenvalue weighted by molar-refractivity contribution is 8.18. The Labute approximate surface area is 136 Å². The minimum atomic E-state index is -0.281. The Balaban J connectivity index is 2.18. The number of Topliss-reactive ketones (excluding diaryl/α,β-unsaturated/α-hetero) is 1. The number of ketones is 1. The third kappa shape index (κ3) is 3.50. The van der Waals surface area contributed by atoms with Crippen molar-refractivity contribution in [1.29, 1.82) is 0 Å². The van der Waals surface area contributed by atoms with E-state index >= 15 is 0 Å². The molecule has 0 spiro atoms. The summed E-state index contributed by atoms with van der Waals surface area (Å²) in [5.41, 5.74) is 1.05. The van der Waals surface area contributed by atoms with E-state index in [9.17, 15) is 14.4 Å². The van der Waals surface area contributed by atoms with Crippen LogP contribution in [0.4, 0.5) is 4.79 Å². The number of nitrogens with zero attached hydrogens (tertiary/aromatic N) is 2. The van der Waals surface area contributed by atoms with Crippen molar-refractivity contribution in [2.45, 2.75) is 6.92 Å². The Morgan fingerprint density at radius 3 is 2.86 bits per heavy atom. The zero-order valence-corrected chi connectivity index (χ0v) is 13.7. The molecule has 8 heteroatoms. The Bertz CT molecular complexity index is 637. The molecule has 2 saturated heterocycles. The van der Waals surface area contributed by atoms with Crippen LogP contribution in [0, 0.1) is 0 Å². The predicted molar refractivity (Wildman–Crippen MR) is 89.6 cm³/mol. The van der Waals surface area contributed by atoms with Crippen molar-refractivity contribution < 1.29 is 14.4 Å². The second kappa shape index (κ2) is 6.97. The highest BCUT2D eigenvalue weighted by Gasteiger charge is 2.35. The van der Waals surface area contributed by atoms with Crippen molar-refractivity contribution in [2.24, 2.45) is 4.99 Å². The van der Waals surface area contributed by atoms with E-state index in [2.05, 4.69) is 23.5 Å². The maximum absolute atomic E-state index is 12.1. The maximum Gasteiger partial charge on any atom is 0.286 e. The zero-order valence-electron chi connectivity index (χ0n) is 12.0. The van der Waals surface area contributed by atoms with Crippen LogP contribution in [0.5, 0.6) is 0 Å². The van der Waals surface area contributed by atoms with Gasteiger partial charge in [0.2, 0.25) is 0 Å². The summed E-state index contributed by atoms with van der Waals surface area (Å²) in [5.74, 6) is 0.0410. The van der Waals surface area contributed by atoms with Gasteiger partial charge in [-0.2, -0.15) is 0 Å². The fraction of sp³-hybridized carbons (Fsp3) is 0.286. The molecule has 6 nitrogen and oxygen atoms in total. The van der Waals surface area contributed by atoms with Gasteiger partial charge in [0.1, 0.15) is 4.91 Å². The van der Waals surface area contributed by atoms with E-state index in [1.807, 2.05) is 0 Å². The molecule has 0 saturated carbocycles. The van der Waals surface area contributed by atoms with E-state index in [-0.39, 0.29) is 23.5 Å². The van der Waals surface area contributed by atoms with Gasteiger partial charge >= 0.3 is 0 Å². The van der Waals surface area contributed by atoms with E-state index < -0.39 is 0 Å². The summed E-state index contributed by atoms with van der Waals surface area (Å²) in [6, 6.07) is 0. The second-order valence-corrected chi connectivity index (χ2v) is 6.49. The molecule has 0 radical (unpaired) electrons. The summed E-state index contributed by atoms with van der Waals surface area (Å²) in [6.07, 6.45) is 1.62.